The summed E-state index contributed by atoms with van der Waals surface area (Å²) in [6, 6.07) is 2.95. The van der Waals surface area contributed by atoms with E-state index in [1.807, 2.05) is 11.8 Å². The first kappa shape index (κ1) is 18.3. The smallest absolute Gasteiger partial charge is 0.293 e. The van der Waals surface area contributed by atoms with Gasteiger partial charge < -0.3 is 14.8 Å². The number of rotatable bonds is 4. The number of nitrogens with zero attached hydrogens (tertiary/aromatic N) is 6. The van der Waals surface area contributed by atoms with E-state index in [0.717, 1.165) is 30.3 Å². The third-order valence-corrected chi connectivity index (χ3v) is 5.63. The molecule has 0 aliphatic carbocycles. The topological polar surface area (TPSA) is 121 Å². The number of nitro benzene ring substituents is 1. The monoisotopic (exact) mass is 401 g/mol. The second-order valence-corrected chi connectivity index (χ2v) is 7.25. The van der Waals surface area contributed by atoms with Gasteiger partial charge in [0.2, 0.25) is 5.13 Å². The Hall–Kier alpha value is -3.08. The van der Waals surface area contributed by atoms with Crippen molar-refractivity contribution in [3.8, 4) is 0 Å². The number of anilines is 2. The van der Waals surface area contributed by atoms with E-state index in [0.29, 0.717) is 30.8 Å². The molecule has 0 unspecified atom stereocenters. The third kappa shape index (κ3) is 3.40. The molecular formula is C17H19N7O3S. The molecule has 3 aromatic rings. The summed E-state index contributed by atoms with van der Waals surface area (Å²) in [6.07, 6.45) is 2.94. The van der Waals surface area contributed by atoms with Crippen LogP contribution in [0.15, 0.2) is 23.3 Å². The van der Waals surface area contributed by atoms with Crippen molar-refractivity contribution >= 4 is 38.9 Å². The first-order valence-electron chi connectivity index (χ1n) is 9.05. The maximum atomic E-state index is 12.0. The van der Waals surface area contributed by atoms with Gasteiger partial charge in [0.1, 0.15) is 11.5 Å². The highest BCUT2D eigenvalue weighted by Crippen LogP contribution is 2.32. The van der Waals surface area contributed by atoms with Gasteiger partial charge in [0.15, 0.2) is 0 Å². The minimum Gasteiger partial charge on any atom is -0.364 e. The van der Waals surface area contributed by atoms with Gasteiger partial charge in [-0.15, -0.1) is 0 Å². The van der Waals surface area contributed by atoms with Gasteiger partial charge in [-0.1, -0.05) is 6.92 Å². The maximum Gasteiger partial charge on any atom is 0.293 e. The van der Waals surface area contributed by atoms with Gasteiger partial charge in [-0.25, -0.2) is 9.97 Å². The van der Waals surface area contributed by atoms with Crippen LogP contribution in [0, 0.1) is 10.1 Å². The number of H-pyrrole nitrogens is 1. The molecule has 0 atom stereocenters. The number of aryl methyl sites for hydroxylation is 1. The van der Waals surface area contributed by atoms with Gasteiger partial charge in [-0.3, -0.25) is 14.9 Å². The Balaban J connectivity index is 1.65. The van der Waals surface area contributed by atoms with Gasteiger partial charge in [-0.05, 0) is 12.5 Å². The molecule has 4 rings (SSSR count). The van der Waals surface area contributed by atoms with E-state index >= 15 is 0 Å². The van der Waals surface area contributed by atoms with Crippen molar-refractivity contribution in [3.63, 3.8) is 0 Å². The van der Waals surface area contributed by atoms with E-state index in [1.165, 1.54) is 23.9 Å². The van der Waals surface area contributed by atoms with Gasteiger partial charge in [0, 0.05) is 50.2 Å². The number of hydrogen-bond acceptors (Lipinski definition) is 9. The number of aromatic nitrogens is 4. The average Bonchev–Trinajstić information content (AvgIpc) is 3.04. The fourth-order valence-electron chi connectivity index (χ4n) is 3.36. The predicted molar refractivity (Wildman–Crippen MR) is 107 cm³/mol. The molecule has 28 heavy (non-hydrogen) atoms. The lowest BCUT2D eigenvalue weighted by Crippen LogP contribution is -2.31. The Kier molecular flexibility index (Phi) is 4.90. The van der Waals surface area contributed by atoms with Crippen molar-refractivity contribution < 1.29 is 4.92 Å². The van der Waals surface area contributed by atoms with Crippen LogP contribution in [0.3, 0.4) is 0 Å². The minimum atomic E-state index is -0.442. The highest BCUT2D eigenvalue weighted by molar-refractivity contribution is 7.09. The lowest BCUT2D eigenvalue weighted by Gasteiger charge is -2.23. The molecule has 0 radical (unpaired) electrons. The van der Waals surface area contributed by atoms with E-state index in [2.05, 4.69) is 24.2 Å². The summed E-state index contributed by atoms with van der Waals surface area (Å²) in [6.45, 7) is 4.81. The molecular weight excluding hydrogens is 382 g/mol. The Bertz CT molecular complexity index is 1080. The molecule has 0 spiro atoms. The van der Waals surface area contributed by atoms with Crippen molar-refractivity contribution in [1.29, 1.82) is 0 Å². The molecule has 0 amide bonds. The molecule has 2 aromatic heterocycles. The van der Waals surface area contributed by atoms with Crippen LogP contribution in [-0.4, -0.2) is 50.4 Å². The largest absolute Gasteiger partial charge is 0.364 e. The summed E-state index contributed by atoms with van der Waals surface area (Å²) in [5.74, 6) is 0.836. The number of nitrogens with one attached hydrogen (secondary N) is 1. The predicted octanol–water partition coefficient (Wildman–Crippen LogP) is 1.96. The lowest BCUT2D eigenvalue weighted by molar-refractivity contribution is -0.384. The van der Waals surface area contributed by atoms with Crippen molar-refractivity contribution in [2.75, 3.05) is 36.0 Å². The molecule has 1 fully saturated rings. The second-order valence-electron chi connectivity index (χ2n) is 6.52. The summed E-state index contributed by atoms with van der Waals surface area (Å²) in [5, 5.41) is 12.8. The third-order valence-electron chi connectivity index (χ3n) is 4.81. The molecule has 1 saturated heterocycles. The zero-order valence-electron chi connectivity index (χ0n) is 15.3. The Labute approximate surface area is 164 Å². The van der Waals surface area contributed by atoms with E-state index in [-0.39, 0.29) is 16.6 Å². The number of benzene rings is 1. The molecule has 11 heteroatoms. The zero-order valence-corrected chi connectivity index (χ0v) is 16.1. The van der Waals surface area contributed by atoms with E-state index in [9.17, 15) is 14.9 Å². The molecule has 146 valence electrons. The molecule has 1 aromatic carbocycles. The summed E-state index contributed by atoms with van der Waals surface area (Å²) >= 11 is 1.39. The molecule has 1 aliphatic heterocycles. The first-order chi connectivity index (χ1) is 13.6. The SMILES string of the molecule is CCc1nsc(N2CCCN(c3cc4nc[nH]c(=O)c4cc3[N+](=O)[O-])CC2)n1. The van der Waals surface area contributed by atoms with Gasteiger partial charge in [-0.2, -0.15) is 4.37 Å². The van der Waals surface area contributed by atoms with Gasteiger partial charge >= 0.3 is 0 Å². The van der Waals surface area contributed by atoms with Crippen LogP contribution in [0.4, 0.5) is 16.5 Å². The van der Waals surface area contributed by atoms with Crippen molar-refractivity contribution in [1.82, 2.24) is 19.3 Å². The maximum absolute atomic E-state index is 12.0. The van der Waals surface area contributed by atoms with Crippen LogP contribution in [0.2, 0.25) is 0 Å². The Morgan fingerprint density at radius 1 is 1.25 bits per heavy atom. The van der Waals surface area contributed by atoms with Crippen LogP contribution in [-0.2, 0) is 6.42 Å². The highest BCUT2D eigenvalue weighted by atomic mass is 32.1. The van der Waals surface area contributed by atoms with Crippen LogP contribution >= 0.6 is 11.5 Å². The Morgan fingerprint density at radius 2 is 2.04 bits per heavy atom. The zero-order chi connectivity index (χ0) is 19.7. The number of aromatic amines is 1. The average molecular weight is 401 g/mol. The van der Waals surface area contributed by atoms with Crippen molar-refractivity contribution in [3.05, 3.63) is 44.8 Å². The summed E-state index contributed by atoms with van der Waals surface area (Å²) in [7, 11) is 0. The fourth-order valence-corrected chi connectivity index (χ4v) is 4.16. The van der Waals surface area contributed by atoms with Crippen LogP contribution in [0.1, 0.15) is 19.2 Å². The van der Waals surface area contributed by atoms with E-state index < -0.39 is 4.92 Å². The van der Waals surface area contributed by atoms with Crippen molar-refractivity contribution in [2.24, 2.45) is 0 Å². The van der Waals surface area contributed by atoms with E-state index in [1.54, 1.807) is 6.07 Å². The number of fused-ring (bicyclic) bond motifs is 1. The van der Waals surface area contributed by atoms with Gasteiger partial charge in [0.05, 0.1) is 22.2 Å². The molecule has 1 aliphatic rings. The normalized spacial score (nSPS) is 15.0. The molecule has 0 saturated carbocycles. The van der Waals surface area contributed by atoms with E-state index in [4.69, 9.17) is 0 Å². The van der Waals surface area contributed by atoms with Crippen LogP contribution in [0.25, 0.3) is 10.9 Å². The first-order valence-corrected chi connectivity index (χ1v) is 9.82. The Morgan fingerprint density at radius 3 is 2.79 bits per heavy atom. The minimum absolute atomic E-state index is 0.0800. The summed E-state index contributed by atoms with van der Waals surface area (Å²) in [5.41, 5.74) is 0.472. The van der Waals surface area contributed by atoms with Crippen molar-refractivity contribution in [2.45, 2.75) is 19.8 Å². The molecule has 0 bridgehead atoms. The lowest BCUT2D eigenvalue weighted by atomic mass is 10.1. The quantitative estimate of drug-likeness (QED) is 0.520. The molecule has 10 nitrogen and oxygen atoms in total. The number of hydrogen-bond donors (Lipinski definition) is 1. The van der Waals surface area contributed by atoms with Crippen LogP contribution < -0.4 is 15.4 Å². The molecule has 1 N–H and O–H groups in total. The van der Waals surface area contributed by atoms with Crippen LogP contribution in [0.5, 0.6) is 0 Å². The van der Waals surface area contributed by atoms with Gasteiger partial charge in [0.25, 0.3) is 11.2 Å². The standard InChI is InChI=1S/C17H19N7O3S/c1-2-15-20-17(28-21-15)23-5-3-4-22(6-7-23)13-9-12-11(8-14(13)24(26)27)16(25)19-10-18-12/h8-10H,2-7H2,1H3,(H,18,19,25). The summed E-state index contributed by atoms with van der Waals surface area (Å²) < 4.78 is 4.34. The second kappa shape index (κ2) is 7.50. The highest BCUT2D eigenvalue weighted by Gasteiger charge is 2.25. The number of nitro groups is 1. The molecule has 3 heterocycles. The summed E-state index contributed by atoms with van der Waals surface area (Å²) in [4.78, 5) is 38.5. The fraction of sp³-hybridized carbons (Fsp3) is 0.412.